The predicted molar refractivity (Wildman–Crippen MR) is 37.5 cm³/mol. The van der Waals surface area contributed by atoms with Crippen molar-refractivity contribution in [2.24, 2.45) is 0 Å². The van der Waals surface area contributed by atoms with Crippen molar-refractivity contribution in [2.45, 2.75) is 20.3 Å². The summed E-state index contributed by atoms with van der Waals surface area (Å²) in [4.78, 5) is 0. The molecule has 0 spiro atoms. The van der Waals surface area contributed by atoms with Crippen molar-refractivity contribution in [1.29, 1.82) is 5.26 Å². The van der Waals surface area contributed by atoms with Crippen molar-refractivity contribution < 1.29 is 4.48 Å². The second kappa shape index (κ2) is 3.47. The molecule has 52 valence electrons. The molecule has 0 aromatic carbocycles. The van der Waals surface area contributed by atoms with E-state index in [1.807, 2.05) is 14.0 Å². The van der Waals surface area contributed by atoms with Gasteiger partial charge in [-0.25, -0.2) is 4.48 Å². The summed E-state index contributed by atoms with van der Waals surface area (Å²) in [5.41, 5.74) is 0. The van der Waals surface area contributed by atoms with Gasteiger partial charge in [0.1, 0.15) is 0 Å². The fraction of sp³-hybridized carbons (Fsp3) is 0.857. The monoisotopic (exact) mass is 127 g/mol. The number of hydrogen-bond acceptors (Lipinski definition) is 1. The molecule has 1 unspecified atom stereocenters. The Hall–Kier alpha value is -0.550. The van der Waals surface area contributed by atoms with Gasteiger partial charge in [0.15, 0.2) is 0 Å². The molecule has 0 N–H and O–H groups in total. The summed E-state index contributed by atoms with van der Waals surface area (Å²) in [7, 11) is 1.96. The van der Waals surface area contributed by atoms with Crippen molar-refractivity contribution in [1.82, 2.24) is 0 Å². The minimum absolute atomic E-state index is 0.538. The maximum atomic E-state index is 8.64. The minimum atomic E-state index is 0.538. The van der Waals surface area contributed by atoms with Gasteiger partial charge in [0.25, 0.3) is 0 Å². The molecule has 0 radical (unpaired) electrons. The Morgan fingerprint density at radius 2 is 2.00 bits per heavy atom. The Labute approximate surface area is 57.3 Å². The van der Waals surface area contributed by atoms with Crippen molar-refractivity contribution >= 4 is 0 Å². The lowest BCUT2D eigenvalue weighted by molar-refractivity contribution is -0.843. The van der Waals surface area contributed by atoms with Crippen molar-refractivity contribution in [3.8, 4) is 6.19 Å². The highest BCUT2D eigenvalue weighted by Crippen LogP contribution is 1.99. The summed E-state index contributed by atoms with van der Waals surface area (Å²) in [5, 5.41) is 8.64. The second-order valence-corrected chi connectivity index (χ2v) is 2.54. The zero-order valence-corrected chi connectivity index (χ0v) is 6.52. The van der Waals surface area contributed by atoms with Gasteiger partial charge in [-0.15, -0.1) is 5.26 Å². The standard InChI is InChI=1S/C7H15N2/c1-4-6-9(3,5-2)7-8/h4-6H2,1-3H3/q+1. The summed E-state index contributed by atoms with van der Waals surface area (Å²) < 4.78 is 0.538. The van der Waals surface area contributed by atoms with Gasteiger partial charge in [-0.1, -0.05) is 6.92 Å². The van der Waals surface area contributed by atoms with Crippen LogP contribution >= 0.6 is 0 Å². The summed E-state index contributed by atoms with van der Waals surface area (Å²) in [6.07, 6.45) is 3.35. The van der Waals surface area contributed by atoms with E-state index in [2.05, 4.69) is 13.1 Å². The Morgan fingerprint density at radius 1 is 1.44 bits per heavy atom. The molecule has 2 nitrogen and oxygen atoms in total. The van der Waals surface area contributed by atoms with Crippen LogP contribution in [0.5, 0.6) is 0 Å². The van der Waals surface area contributed by atoms with Crippen LogP contribution in [0.3, 0.4) is 0 Å². The van der Waals surface area contributed by atoms with Crippen LogP contribution in [0.25, 0.3) is 0 Å². The molecule has 0 fully saturated rings. The number of hydrogen-bond donors (Lipinski definition) is 0. The quantitative estimate of drug-likeness (QED) is 0.414. The van der Waals surface area contributed by atoms with Crippen molar-refractivity contribution in [3.63, 3.8) is 0 Å². The van der Waals surface area contributed by atoms with Gasteiger partial charge in [0.2, 0.25) is 0 Å². The van der Waals surface area contributed by atoms with E-state index in [-0.39, 0.29) is 0 Å². The maximum absolute atomic E-state index is 8.64. The van der Waals surface area contributed by atoms with Gasteiger partial charge in [-0.05, 0) is 13.3 Å². The molecular formula is C7H15N2+. The number of nitriles is 1. The van der Waals surface area contributed by atoms with Crippen LogP contribution in [0, 0.1) is 11.5 Å². The van der Waals surface area contributed by atoms with Crippen LogP contribution in [-0.4, -0.2) is 24.6 Å². The van der Waals surface area contributed by atoms with E-state index in [4.69, 9.17) is 5.26 Å². The van der Waals surface area contributed by atoms with E-state index in [1.165, 1.54) is 0 Å². The van der Waals surface area contributed by atoms with Crippen molar-refractivity contribution in [2.75, 3.05) is 20.1 Å². The third kappa shape index (κ3) is 2.48. The summed E-state index contributed by atoms with van der Waals surface area (Å²) >= 11 is 0. The second-order valence-electron chi connectivity index (χ2n) is 2.54. The van der Waals surface area contributed by atoms with E-state index >= 15 is 0 Å². The van der Waals surface area contributed by atoms with Gasteiger partial charge in [0.05, 0.1) is 20.1 Å². The van der Waals surface area contributed by atoms with Crippen LogP contribution in [0.1, 0.15) is 20.3 Å². The SMILES string of the molecule is CCC[N+](C)(C#N)CC. The Bertz CT molecular complexity index is 115. The molecule has 0 aromatic rings. The largest absolute Gasteiger partial charge is 0.308 e. The van der Waals surface area contributed by atoms with E-state index in [0.29, 0.717) is 4.48 Å². The Kier molecular flexibility index (Phi) is 3.26. The molecule has 0 saturated carbocycles. The molecule has 9 heavy (non-hydrogen) atoms. The molecule has 0 heterocycles. The van der Waals surface area contributed by atoms with Gasteiger partial charge < -0.3 is 0 Å². The average molecular weight is 127 g/mol. The normalized spacial score (nSPS) is 16.2. The van der Waals surface area contributed by atoms with E-state index in [1.54, 1.807) is 0 Å². The first-order chi connectivity index (χ1) is 4.18. The lowest BCUT2D eigenvalue weighted by atomic mass is 10.4. The zero-order chi connectivity index (χ0) is 7.33. The molecular weight excluding hydrogens is 112 g/mol. The molecule has 0 rings (SSSR count). The average Bonchev–Trinajstić information content (AvgIpc) is 1.89. The van der Waals surface area contributed by atoms with Crippen LogP contribution in [0.15, 0.2) is 0 Å². The first-order valence-electron chi connectivity index (χ1n) is 3.44. The van der Waals surface area contributed by atoms with E-state index < -0.39 is 0 Å². The van der Waals surface area contributed by atoms with Gasteiger partial charge in [-0.2, -0.15) is 0 Å². The molecule has 0 aliphatic heterocycles. The summed E-state index contributed by atoms with van der Waals surface area (Å²) in [5.74, 6) is 0. The lowest BCUT2D eigenvalue weighted by Crippen LogP contribution is -2.38. The number of nitrogens with zero attached hydrogens (tertiary/aromatic N) is 2. The molecule has 0 amide bonds. The molecule has 0 aromatic heterocycles. The fourth-order valence-electron chi connectivity index (χ4n) is 0.772. The molecule has 0 bridgehead atoms. The van der Waals surface area contributed by atoms with Crippen LogP contribution in [0.2, 0.25) is 0 Å². The van der Waals surface area contributed by atoms with Crippen LogP contribution in [-0.2, 0) is 0 Å². The Morgan fingerprint density at radius 3 is 2.11 bits per heavy atom. The molecule has 0 saturated heterocycles. The third-order valence-electron chi connectivity index (χ3n) is 1.66. The van der Waals surface area contributed by atoms with Gasteiger partial charge in [0, 0.05) is 0 Å². The maximum Gasteiger partial charge on any atom is 0.308 e. The smallest absolute Gasteiger partial charge is 0.226 e. The number of rotatable bonds is 3. The van der Waals surface area contributed by atoms with Gasteiger partial charge in [-0.3, -0.25) is 0 Å². The molecule has 1 atom stereocenters. The molecule has 0 aliphatic rings. The predicted octanol–water partition coefficient (Wildman–Crippen LogP) is 1.34. The first kappa shape index (κ1) is 8.45. The Balaban J connectivity index is 3.81. The van der Waals surface area contributed by atoms with Crippen molar-refractivity contribution in [3.05, 3.63) is 0 Å². The molecule has 2 heteroatoms. The van der Waals surface area contributed by atoms with E-state index in [9.17, 15) is 0 Å². The van der Waals surface area contributed by atoms with Crippen LogP contribution in [0.4, 0.5) is 0 Å². The highest BCUT2D eigenvalue weighted by atomic mass is 15.3. The highest BCUT2D eigenvalue weighted by molar-refractivity contribution is 4.52. The summed E-state index contributed by atoms with van der Waals surface area (Å²) in [6, 6.07) is 0. The fourth-order valence-corrected chi connectivity index (χ4v) is 0.772. The van der Waals surface area contributed by atoms with E-state index in [0.717, 1.165) is 19.5 Å². The van der Waals surface area contributed by atoms with Crippen LogP contribution < -0.4 is 0 Å². The molecule has 0 aliphatic carbocycles. The summed E-state index contributed by atoms with van der Waals surface area (Å²) in [6.45, 7) is 6.01. The number of quaternary nitrogens is 1. The zero-order valence-electron chi connectivity index (χ0n) is 6.52. The van der Waals surface area contributed by atoms with Gasteiger partial charge >= 0.3 is 6.19 Å². The first-order valence-corrected chi connectivity index (χ1v) is 3.44. The topological polar surface area (TPSA) is 23.8 Å². The minimum Gasteiger partial charge on any atom is -0.226 e. The third-order valence-corrected chi connectivity index (χ3v) is 1.66. The lowest BCUT2D eigenvalue weighted by Gasteiger charge is -2.21. The highest BCUT2D eigenvalue weighted by Gasteiger charge is 2.15.